The first-order valence-corrected chi connectivity index (χ1v) is 7.16. The third kappa shape index (κ3) is 2.01. The Balaban J connectivity index is 1.90. The van der Waals surface area contributed by atoms with Gasteiger partial charge in [0.2, 0.25) is 0 Å². The fourth-order valence-corrected chi connectivity index (χ4v) is 3.28. The second-order valence-electron chi connectivity index (χ2n) is 5.80. The molecule has 3 rings (SSSR count). The van der Waals surface area contributed by atoms with Gasteiger partial charge >= 0.3 is 0 Å². The van der Waals surface area contributed by atoms with E-state index in [0.29, 0.717) is 6.04 Å². The fraction of sp³-hybridized carbons (Fsp3) is 0.625. The molecule has 2 aliphatic rings. The Morgan fingerprint density at radius 1 is 1.24 bits per heavy atom. The summed E-state index contributed by atoms with van der Waals surface area (Å²) in [6.07, 6.45) is 5.33. The molecule has 0 radical (unpaired) electrons. The van der Waals surface area contributed by atoms with Crippen LogP contribution in [-0.2, 0) is 6.42 Å². The van der Waals surface area contributed by atoms with Crippen molar-refractivity contribution in [3.8, 4) is 0 Å². The quantitative estimate of drug-likeness (QED) is 0.828. The first kappa shape index (κ1) is 11.3. The van der Waals surface area contributed by atoms with Crippen molar-refractivity contribution in [1.82, 2.24) is 5.32 Å². The van der Waals surface area contributed by atoms with Crippen LogP contribution in [0.5, 0.6) is 0 Å². The molecule has 92 valence electrons. The predicted octanol–water partition coefficient (Wildman–Crippen LogP) is 3.80. The van der Waals surface area contributed by atoms with Crippen LogP contribution in [0.2, 0.25) is 0 Å². The van der Waals surface area contributed by atoms with Crippen molar-refractivity contribution < 1.29 is 0 Å². The average Bonchev–Trinajstić information content (AvgIpc) is 3.11. The summed E-state index contributed by atoms with van der Waals surface area (Å²) in [6.45, 7) is 5.78. The summed E-state index contributed by atoms with van der Waals surface area (Å²) in [6, 6.07) is 7.58. The minimum atomic E-state index is 0.601. The minimum Gasteiger partial charge on any atom is -0.310 e. The highest BCUT2D eigenvalue weighted by Crippen LogP contribution is 2.47. The predicted molar refractivity (Wildman–Crippen MR) is 72.3 cm³/mol. The van der Waals surface area contributed by atoms with E-state index in [1.54, 1.807) is 16.7 Å². The van der Waals surface area contributed by atoms with Crippen molar-refractivity contribution in [2.45, 2.75) is 51.5 Å². The standard InChI is InChI=1S/C16H23N/c1-3-9-17-16-11(2)10-15-13(12-7-8-12)5-4-6-14(15)16/h4-6,11-12,16-17H,3,7-10H2,1-2H3. The van der Waals surface area contributed by atoms with Crippen molar-refractivity contribution in [3.05, 3.63) is 34.9 Å². The summed E-state index contributed by atoms with van der Waals surface area (Å²) >= 11 is 0. The molecular weight excluding hydrogens is 206 g/mol. The van der Waals surface area contributed by atoms with Crippen molar-refractivity contribution in [1.29, 1.82) is 0 Å². The maximum Gasteiger partial charge on any atom is 0.0352 e. The van der Waals surface area contributed by atoms with Crippen LogP contribution in [0.25, 0.3) is 0 Å². The highest BCUT2D eigenvalue weighted by molar-refractivity contribution is 5.44. The highest BCUT2D eigenvalue weighted by Gasteiger charge is 2.34. The van der Waals surface area contributed by atoms with Crippen LogP contribution in [0, 0.1) is 5.92 Å². The van der Waals surface area contributed by atoms with Crippen LogP contribution in [0.3, 0.4) is 0 Å². The van der Waals surface area contributed by atoms with E-state index < -0.39 is 0 Å². The van der Waals surface area contributed by atoms with Crippen LogP contribution in [0.15, 0.2) is 18.2 Å². The number of hydrogen-bond acceptors (Lipinski definition) is 1. The lowest BCUT2D eigenvalue weighted by Gasteiger charge is -2.18. The summed E-state index contributed by atoms with van der Waals surface area (Å²) in [5.74, 6) is 1.65. The normalized spacial score (nSPS) is 27.2. The second-order valence-corrected chi connectivity index (χ2v) is 5.80. The molecule has 1 fully saturated rings. The van der Waals surface area contributed by atoms with Gasteiger partial charge in [-0.05, 0) is 60.8 Å². The van der Waals surface area contributed by atoms with Gasteiger partial charge in [0.15, 0.2) is 0 Å². The third-order valence-corrected chi connectivity index (χ3v) is 4.31. The summed E-state index contributed by atoms with van der Waals surface area (Å²) in [4.78, 5) is 0. The van der Waals surface area contributed by atoms with E-state index in [2.05, 4.69) is 37.4 Å². The monoisotopic (exact) mass is 229 g/mol. The Bertz CT molecular complexity index is 406. The molecule has 2 unspecified atom stereocenters. The summed E-state index contributed by atoms with van der Waals surface area (Å²) in [5, 5.41) is 3.72. The van der Waals surface area contributed by atoms with Gasteiger partial charge in [-0.1, -0.05) is 32.0 Å². The molecule has 1 nitrogen and oxygen atoms in total. The number of benzene rings is 1. The van der Waals surface area contributed by atoms with E-state index in [1.165, 1.54) is 25.7 Å². The molecule has 2 atom stereocenters. The van der Waals surface area contributed by atoms with Crippen LogP contribution in [0.1, 0.15) is 61.8 Å². The van der Waals surface area contributed by atoms with Gasteiger partial charge in [-0.2, -0.15) is 0 Å². The molecule has 0 bridgehead atoms. The molecule has 0 amide bonds. The molecule has 2 aliphatic carbocycles. The van der Waals surface area contributed by atoms with Crippen LogP contribution in [-0.4, -0.2) is 6.54 Å². The lowest BCUT2D eigenvalue weighted by molar-refractivity contribution is 0.417. The van der Waals surface area contributed by atoms with E-state index in [0.717, 1.165) is 18.4 Å². The van der Waals surface area contributed by atoms with Gasteiger partial charge < -0.3 is 5.32 Å². The first-order valence-electron chi connectivity index (χ1n) is 7.16. The van der Waals surface area contributed by atoms with E-state index >= 15 is 0 Å². The second kappa shape index (κ2) is 4.45. The van der Waals surface area contributed by atoms with Gasteiger partial charge in [0, 0.05) is 6.04 Å². The molecule has 1 heteroatoms. The molecule has 0 spiro atoms. The van der Waals surface area contributed by atoms with Crippen molar-refractivity contribution in [2.24, 2.45) is 5.92 Å². The Hall–Kier alpha value is -0.820. The number of fused-ring (bicyclic) bond motifs is 1. The van der Waals surface area contributed by atoms with Gasteiger partial charge in [0.05, 0.1) is 0 Å². The lowest BCUT2D eigenvalue weighted by Crippen LogP contribution is -2.24. The number of nitrogens with one attached hydrogen (secondary N) is 1. The molecule has 0 saturated heterocycles. The fourth-order valence-electron chi connectivity index (χ4n) is 3.28. The first-order chi connectivity index (χ1) is 8.31. The molecule has 17 heavy (non-hydrogen) atoms. The maximum absolute atomic E-state index is 3.72. The van der Waals surface area contributed by atoms with Gasteiger partial charge in [0.25, 0.3) is 0 Å². The number of hydrogen-bond donors (Lipinski definition) is 1. The molecule has 1 aromatic rings. The molecule has 1 saturated carbocycles. The van der Waals surface area contributed by atoms with E-state index in [1.807, 2.05) is 0 Å². The maximum atomic E-state index is 3.72. The summed E-state index contributed by atoms with van der Waals surface area (Å²) in [5.41, 5.74) is 4.93. The zero-order valence-corrected chi connectivity index (χ0v) is 11.0. The zero-order chi connectivity index (χ0) is 11.8. The highest BCUT2D eigenvalue weighted by atomic mass is 14.9. The molecule has 0 aliphatic heterocycles. The van der Waals surface area contributed by atoms with Gasteiger partial charge in [0.1, 0.15) is 0 Å². The third-order valence-electron chi connectivity index (χ3n) is 4.31. The van der Waals surface area contributed by atoms with Gasteiger partial charge in [-0.25, -0.2) is 0 Å². The van der Waals surface area contributed by atoms with E-state index in [-0.39, 0.29) is 0 Å². The SMILES string of the molecule is CCCNC1c2cccc(C3CC3)c2CC1C. The van der Waals surface area contributed by atoms with Gasteiger partial charge in [-0.15, -0.1) is 0 Å². The Morgan fingerprint density at radius 3 is 2.71 bits per heavy atom. The van der Waals surface area contributed by atoms with Crippen molar-refractivity contribution in [2.75, 3.05) is 6.54 Å². The van der Waals surface area contributed by atoms with Crippen LogP contribution in [0.4, 0.5) is 0 Å². The van der Waals surface area contributed by atoms with E-state index in [4.69, 9.17) is 0 Å². The molecule has 1 N–H and O–H groups in total. The topological polar surface area (TPSA) is 12.0 Å². The van der Waals surface area contributed by atoms with Crippen molar-refractivity contribution in [3.63, 3.8) is 0 Å². The molecule has 0 heterocycles. The minimum absolute atomic E-state index is 0.601. The summed E-state index contributed by atoms with van der Waals surface area (Å²) in [7, 11) is 0. The molecular formula is C16H23N. The van der Waals surface area contributed by atoms with Crippen LogP contribution < -0.4 is 5.32 Å². The molecule has 1 aromatic carbocycles. The molecule has 0 aromatic heterocycles. The number of rotatable bonds is 4. The van der Waals surface area contributed by atoms with Crippen molar-refractivity contribution >= 4 is 0 Å². The van der Waals surface area contributed by atoms with E-state index in [9.17, 15) is 0 Å². The van der Waals surface area contributed by atoms with Crippen LogP contribution >= 0.6 is 0 Å². The Morgan fingerprint density at radius 2 is 2.00 bits per heavy atom. The Kier molecular flexibility index (Phi) is 2.96. The van der Waals surface area contributed by atoms with Gasteiger partial charge in [-0.3, -0.25) is 0 Å². The lowest BCUT2D eigenvalue weighted by atomic mass is 9.99. The summed E-state index contributed by atoms with van der Waals surface area (Å²) < 4.78 is 0. The zero-order valence-electron chi connectivity index (χ0n) is 11.0. The smallest absolute Gasteiger partial charge is 0.0352 e. The largest absolute Gasteiger partial charge is 0.310 e. The average molecular weight is 229 g/mol. The Labute approximate surface area is 105 Å².